The first kappa shape index (κ1) is 16.2. The Bertz CT molecular complexity index is 498. The van der Waals surface area contributed by atoms with Gasteiger partial charge >= 0.3 is 0 Å². The van der Waals surface area contributed by atoms with Crippen molar-refractivity contribution < 1.29 is 0 Å². The summed E-state index contributed by atoms with van der Waals surface area (Å²) < 4.78 is 5.41. The molecular formula is C18H26NSi2. The fraction of sp³-hybridized carbons (Fsp3) is 0.333. The second kappa shape index (κ2) is 6.73. The Labute approximate surface area is 131 Å². The van der Waals surface area contributed by atoms with Crippen LogP contribution in [0, 0.1) is 0 Å². The maximum atomic E-state index is 5.41. The smallest absolute Gasteiger partial charge is 0.133 e. The molecule has 111 valence electrons. The average Bonchev–Trinajstić information content (AvgIpc) is 2.38. The maximum Gasteiger partial charge on any atom is 0.133 e. The lowest BCUT2D eigenvalue weighted by Crippen LogP contribution is -2.55. The number of nitrogens with zero attached hydrogens (tertiary/aromatic N) is 1. The zero-order valence-corrected chi connectivity index (χ0v) is 15.6. The molecule has 0 aromatic heterocycles. The van der Waals surface area contributed by atoms with E-state index in [2.05, 4.69) is 86.9 Å². The van der Waals surface area contributed by atoms with Crippen molar-refractivity contribution in [1.82, 2.24) is 4.65 Å². The molecular weight excluding hydrogens is 286 g/mol. The van der Waals surface area contributed by atoms with E-state index in [4.69, 9.17) is 4.65 Å². The molecule has 2 rings (SSSR count). The molecule has 0 heterocycles. The van der Waals surface area contributed by atoms with Gasteiger partial charge in [-0.25, -0.2) is 0 Å². The van der Waals surface area contributed by atoms with Crippen LogP contribution in [-0.4, -0.2) is 16.5 Å². The highest BCUT2D eigenvalue weighted by atomic mass is 28.4. The van der Waals surface area contributed by atoms with Gasteiger partial charge in [0.05, 0.1) is 0 Å². The van der Waals surface area contributed by atoms with E-state index in [0.29, 0.717) is 0 Å². The van der Waals surface area contributed by atoms with Crippen molar-refractivity contribution in [2.45, 2.75) is 38.3 Å². The van der Waals surface area contributed by atoms with Crippen molar-refractivity contribution in [2.75, 3.05) is 0 Å². The molecule has 0 bridgehead atoms. The van der Waals surface area contributed by atoms with Crippen molar-refractivity contribution >= 4 is 16.5 Å². The molecule has 0 saturated carbocycles. The third-order valence-electron chi connectivity index (χ3n) is 3.56. The minimum absolute atomic E-state index is 1.15. The summed E-state index contributed by atoms with van der Waals surface area (Å²) in [5.74, 6) is 0. The van der Waals surface area contributed by atoms with Crippen LogP contribution in [-0.2, 0) is 12.1 Å². The van der Waals surface area contributed by atoms with Gasteiger partial charge in [-0.05, 0) is 23.2 Å². The van der Waals surface area contributed by atoms with Crippen LogP contribution in [0.15, 0.2) is 60.7 Å². The molecule has 0 aliphatic carbocycles. The highest BCUT2D eigenvalue weighted by Crippen LogP contribution is 2.17. The van der Waals surface area contributed by atoms with Crippen LogP contribution in [0.2, 0.25) is 26.2 Å². The summed E-state index contributed by atoms with van der Waals surface area (Å²) in [5, 5.41) is 0. The normalized spacial score (nSPS) is 12.4. The van der Waals surface area contributed by atoms with E-state index in [1.807, 2.05) is 0 Å². The van der Waals surface area contributed by atoms with Gasteiger partial charge in [-0.1, -0.05) is 86.9 Å². The Morgan fingerprint density at radius 1 is 0.619 bits per heavy atom. The SMILES string of the molecule is C[Si](C)(Cc1ccccc1)[N][Si](C)(C)Cc1ccccc1. The third kappa shape index (κ3) is 5.61. The van der Waals surface area contributed by atoms with E-state index in [0.717, 1.165) is 12.1 Å². The minimum Gasteiger partial charge on any atom is -0.295 e. The molecule has 0 amide bonds. The fourth-order valence-corrected chi connectivity index (χ4v) is 12.7. The van der Waals surface area contributed by atoms with Gasteiger partial charge in [0.25, 0.3) is 0 Å². The molecule has 0 N–H and O–H groups in total. The van der Waals surface area contributed by atoms with Crippen LogP contribution in [0.25, 0.3) is 0 Å². The Kier molecular flexibility index (Phi) is 5.19. The minimum atomic E-state index is -1.55. The number of benzene rings is 2. The number of hydrogen-bond acceptors (Lipinski definition) is 0. The molecule has 3 heteroatoms. The summed E-state index contributed by atoms with van der Waals surface area (Å²) >= 11 is 0. The third-order valence-corrected chi connectivity index (χ3v) is 11.0. The maximum absolute atomic E-state index is 5.41. The fourth-order valence-electron chi connectivity index (χ4n) is 3.09. The van der Waals surface area contributed by atoms with E-state index in [-0.39, 0.29) is 0 Å². The van der Waals surface area contributed by atoms with E-state index in [1.54, 1.807) is 0 Å². The van der Waals surface area contributed by atoms with Gasteiger partial charge < -0.3 is 0 Å². The van der Waals surface area contributed by atoms with Crippen LogP contribution >= 0.6 is 0 Å². The molecule has 0 spiro atoms. The van der Waals surface area contributed by atoms with Gasteiger partial charge in [0.15, 0.2) is 0 Å². The van der Waals surface area contributed by atoms with Crippen molar-refractivity contribution in [2.24, 2.45) is 0 Å². The van der Waals surface area contributed by atoms with E-state index in [9.17, 15) is 0 Å². The standard InChI is InChI=1S/C18H26NSi2/c1-20(2,15-17-11-7-5-8-12-17)19-21(3,4)16-18-13-9-6-10-14-18/h5-14H,15-16H2,1-4H3. The molecule has 2 aromatic rings. The molecule has 2 aromatic carbocycles. The van der Waals surface area contributed by atoms with Crippen molar-refractivity contribution in [3.8, 4) is 0 Å². The van der Waals surface area contributed by atoms with Crippen LogP contribution in [0.5, 0.6) is 0 Å². The molecule has 0 unspecified atom stereocenters. The molecule has 0 aliphatic heterocycles. The van der Waals surface area contributed by atoms with Crippen LogP contribution in [0.4, 0.5) is 0 Å². The first-order chi connectivity index (χ1) is 9.86. The van der Waals surface area contributed by atoms with Crippen molar-refractivity contribution in [1.29, 1.82) is 0 Å². The first-order valence-corrected chi connectivity index (χ1v) is 14.0. The zero-order valence-electron chi connectivity index (χ0n) is 13.6. The van der Waals surface area contributed by atoms with Crippen LogP contribution in [0.3, 0.4) is 0 Å². The molecule has 1 radical (unpaired) electrons. The summed E-state index contributed by atoms with van der Waals surface area (Å²) in [4.78, 5) is 0. The Morgan fingerprint density at radius 3 is 1.29 bits per heavy atom. The second-order valence-corrected chi connectivity index (χ2v) is 15.9. The van der Waals surface area contributed by atoms with Crippen LogP contribution < -0.4 is 4.65 Å². The Hall–Kier alpha value is -1.17. The van der Waals surface area contributed by atoms with E-state index in [1.165, 1.54) is 11.1 Å². The van der Waals surface area contributed by atoms with E-state index < -0.39 is 16.5 Å². The first-order valence-electron chi connectivity index (χ1n) is 7.68. The lowest BCUT2D eigenvalue weighted by molar-refractivity contribution is 1.14. The van der Waals surface area contributed by atoms with Gasteiger partial charge in [-0.15, -0.1) is 0 Å². The predicted octanol–water partition coefficient (Wildman–Crippen LogP) is 4.56. The lowest BCUT2D eigenvalue weighted by Gasteiger charge is -2.33. The van der Waals surface area contributed by atoms with Gasteiger partial charge in [-0.2, -0.15) is 0 Å². The summed E-state index contributed by atoms with van der Waals surface area (Å²) in [6.07, 6.45) is 0. The zero-order chi connectivity index (χ0) is 15.3. The van der Waals surface area contributed by atoms with Gasteiger partial charge in [0.1, 0.15) is 16.5 Å². The molecule has 1 nitrogen and oxygen atoms in total. The van der Waals surface area contributed by atoms with Gasteiger partial charge in [-0.3, -0.25) is 4.65 Å². The lowest BCUT2D eigenvalue weighted by atomic mass is 10.2. The Morgan fingerprint density at radius 2 is 0.952 bits per heavy atom. The number of hydrogen-bond donors (Lipinski definition) is 0. The van der Waals surface area contributed by atoms with E-state index >= 15 is 0 Å². The topological polar surface area (TPSA) is 14.1 Å². The molecule has 0 fully saturated rings. The monoisotopic (exact) mass is 312 g/mol. The van der Waals surface area contributed by atoms with Gasteiger partial charge in [0.2, 0.25) is 0 Å². The molecule has 21 heavy (non-hydrogen) atoms. The molecule has 0 atom stereocenters. The molecule has 0 saturated heterocycles. The van der Waals surface area contributed by atoms with Crippen molar-refractivity contribution in [3.05, 3.63) is 71.8 Å². The number of rotatable bonds is 6. The molecule has 0 aliphatic rings. The summed E-state index contributed by atoms with van der Waals surface area (Å²) in [6.45, 7) is 9.61. The van der Waals surface area contributed by atoms with Crippen LogP contribution in [0.1, 0.15) is 11.1 Å². The Balaban J connectivity index is 2.01. The highest BCUT2D eigenvalue weighted by molar-refractivity contribution is 6.90. The summed E-state index contributed by atoms with van der Waals surface area (Å²) in [6, 6.07) is 23.9. The summed E-state index contributed by atoms with van der Waals surface area (Å²) in [7, 11) is -3.09. The second-order valence-electron chi connectivity index (χ2n) is 7.06. The quantitative estimate of drug-likeness (QED) is 0.694. The van der Waals surface area contributed by atoms with Gasteiger partial charge in [0, 0.05) is 0 Å². The largest absolute Gasteiger partial charge is 0.295 e. The summed E-state index contributed by atoms with van der Waals surface area (Å²) in [5.41, 5.74) is 2.87. The highest BCUT2D eigenvalue weighted by Gasteiger charge is 2.32. The average molecular weight is 313 g/mol. The van der Waals surface area contributed by atoms with Crippen molar-refractivity contribution in [3.63, 3.8) is 0 Å². The predicted molar refractivity (Wildman–Crippen MR) is 97.4 cm³/mol.